The molecule has 0 saturated heterocycles. The van der Waals surface area contributed by atoms with E-state index in [0.717, 1.165) is 29.4 Å². The van der Waals surface area contributed by atoms with E-state index >= 15 is 0 Å². The Bertz CT molecular complexity index is 817. The second kappa shape index (κ2) is 7.09. The number of hydrogen-bond acceptors (Lipinski definition) is 3. The highest BCUT2D eigenvalue weighted by Gasteiger charge is 2.28. The summed E-state index contributed by atoms with van der Waals surface area (Å²) in [5.41, 5.74) is 1.86. The van der Waals surface area contributed by atoms with Gasteiger partial charge in [0.2, 0.25) is 0 Å². The quantitative estimate of drug-likeness (QED) is 0.688. The molecule has 2 heterocycles. The molecule has 1 fully saturated rings. The summed E-state index contributed by atoms with van der Waals surface area (Å²) in [7, 11) is 0. The Morgan fingerprint density at radius 2 is 1.84 bits per heavy atom. The highest BCUT2D eigenvalue weighted by atomic mass is 16.3. The summed E-state index contributed by atoms with van der Waals surface area (Å²) in [6, 6.07) is 13.9. The Labute approximate surface area is 147 Å². The van der Waals surface area contributed by atoms with Crippen LogP contribution in [0, 0.1) is 0 Å². The molecule has 4 rings (SSSR count). The van der Waals surface area contributed by atoms with E-state index in [-0.39, 0.29) is 11.9 Å². The molecule has 1 aromatic carbocycles. The van der Waals surface area contributed by atoms with Crippen molar-refractivity contribution in [3.63, 3.8) is 0 Å². The van der Waals surface area contributed by atoms with Gasteiger partial charge in [-0.3, -0.25) is 9.78 Å². The highest BCUT2D eigenvalue weighted by Crippen LogP contribution is 2.27. The zero-order valence-electron chi connectivity index (χ0n) is 14.2. The number of para-hydroxylation sites is 1. The summed E-state index contributed by atoms with van der Waals surface area (Å²) >= 11 is 0. The Morgan fingerprint density at radius 3 is 2.60 bits per heavy atom. The Morgan fingerprint density at radius 1 is 1.08 bits per heavy atom. The van der Waals surface area contributed by atoms with E-state index in [1.54, 1.807) is 12.4 Å². The van der Waals surface area contributed by atoms with Gasteiger partial charge in [0, 0.05) is 30.4 Å². The number of fused-ring (bicyclic) bond motifs is 1. The monoisotopic (exact) mass is 334 g/mol. The molecule has 0 unspecified atom stereocenters. The van der Waals surface area contributed by atoms with E-state index in [9.17, 15) is 4.79 Å². The maximum absolute atomic E-state index is 13.2. The number of benzene rings is 1. The maximum Gasteiger partial charge on any atom is 0.290 e. The van der Waals surface area contributed by atoms with Crippen molar-refractivity contribution in [2.75, 3.05) is 0 Å². The number of furan rings is 1. The molecule has 1 saturated carbocycles. The van der Waals surface area contributed by atoms with Crippen LogP contribution in [-0.4, -0.2) is 21.8 Å². The van der Waals surface area contributed by atoms with Crippen molar-refractivity contribution in [2.24, 2.45) is 0 Å². The zero-order valence-corrected chi connectivity index (χ0v) is 14.2. The minimum absolute atomic E-state index is 0.0140. The maximum atomic E-state index is 13.2. The third-order valence-electron chi connectivity index (χ3n) is 5.01. The second-order valence-electron chi connectivity index (χ2n) is 6.73. The van der Waals surface area contributed by atoms with Gasteiger partial charge in [-0.15, -0.1) is 0 Å². The van der Waals surface area contributed by atoms with Crippen molar-refractivity contribution in [3.05, 3.63) is 66.2 Å². The van der Waals surface area contributed by atoms with Crippen molar-refractivity contribution in [3.8, 4) is 0 Å². The first-order valence-corrected chi connectivity index (χ1v) is 9.00. The Balaban J connectivity index is 1.64. The summed E-state index contributed by atoms with van der Waals surface area (Å²) in [5.74, 6) is 0.417. The minimum atomic E-state index is -0.0140. The summed E-state index contributed by atoms with van der Waals surface area (Å²) in [4.78, 5) is 19.3. The van der Waals surface area contributed by atoms with Gasteiger partial charge in [-0.1, -0.05) is 37.5 Å². The molecule has 0 radical (unpaired) electrons. The van der Waals surface area contributed by atoms with Crippen molar-refractivity contribution in [2.45, 2.75) is 44.7 Å². The number of aromatic nitrogens is 1. The lowest BCUT2D eigenvalue weighted by Gasteiger charge is -2.34. The normalized spacial score (nSPS) is 15.4. The number of carbonyl (C=O) groups is 1. The number of pyridine rings is 1. The first-order chi connectivity index (χ1) is 12.3. The molecule has 128 valence electrons. The van der Waals surface area contributed by atoms with Crippen LogP contribution in [0.4, 0.5) is 0 Å². The predicted octanol–water partition coefficient (Wildman–Crippen LogP) is 4.80. The Hall–Kier alpha value is -2.62. The van der Waals surface area contributed by atoms with Crippen molar-refractivity contribution >= 4 is 16.9 Å². The minimum Gasteiger partial charge on any atom is -0.451 e. The lowest BCUT2D eigenvalue weighted by molar-refractivity contribution is 0.0584. The zero-order chi connectivity index (χ0) is 17.1. The molecule has 0 aliphatic heterocycles. The molecule has 25 heavy (non-hydrogen) atoms. The van der Waals surface area contributed by atoms with Crippen LogP contribution in [0.15, 0.2) is 59.3 Å². The van der Waals surface area contributed by atoms with Crippen molar-refractivity contribution in [1.29, 1.82) is 0 Å². The molecule has 4 heteroatoms. The number of rotatable bonds is 4. The van der Waals surface area contributed by atoms with Crippen LogP contribution in [0.2, 0.25) is 0 Å². The van der Waals surface area contributed by atoms with Crippen LogP contribution >= 0.6 is 0 Å². The summed E-state index contributed by atoms with van der Waals surface area (Å²) < 4.78 is 5.84. The van der Waals surface area contributed by atoms with Crippen LogP contribution in [0.1, 0.15) is 48.2 Å². The molecular formula is C21H22N2O2. The van der Waals surface area contributed by atoms with Crippen LogP contribution in [0.3, 0.4) is 0 Å². The van der Waals surface area contributed by atoms with Gasteiger partial charge in [-0.25, -0.2) is 0 Å². The molecule has 0 N–H and O–H groups in total. The number of amides is 1. The highest BCUT2D eigenvalue weighted by molar-refractivity contribution is 5.96. The molecule has 0 atom stereocenters. The Kier molecular flexibility index (Phi) is 4.51. The van der Waals surface area contributed by atoms with Crippen LogP contribution < -0.4 is 0 Å². The molecule has 4 nitrogen and oxygen atoms in total. The van der Waals surface area contributed by atoms with Crippen LogP contribution in [0.25, 0.3) is 11.0 Å². The van der Waals surface area contributed by atoms with Gasteiger partial charge in [-0.05, 0) is 42.7 Å². The average Bonchev–Trinajstić information content (AvgIpc) is 3.11. The number of hydrogen-bond donors (Lipinski definition) is 0. The lowest BCUT2D eigenvalue weighted by atomic mass is 9.93. The van der Waals surface area contributed by atoms with Gasteiger partial charge in [0.05, 0.1) is 0 Å². The van der Waals surface area contributed by atoms with E-state index < -0.39 is 0 Å². The second-order valence-corrected chi connectivity index (χ2v) is 6.73. The fourth-order valence-electron chi connectivity index (χ4n) is 3.67. The third kappa shape index (κ3) is 3.43. The molecular weight excluding hydrogens is 312 g/mol. The lowest BCUT2D eigenvalue weighted by Crippen LogP contribution is -2.40. The summed E-state index contributed by atoms with van der Waals surface area (Å²) in [6.45, 7) is 0.600. The first kappa shape index (κ1) is 15.9. The van der Waals surface area contributed by atoms with Crippen LogP contribution in [0.5, 0.6) is 0 Å². The smallest absolute Gasteiger partial charge is 0.290 e. The average molecular weight is 334 g/mol. The van der Waals surface area contributed by atoms with Crippen molar-refractivity contribution in [1.82, 2.24) is 9.88 Å². The first-order valence-electron chi connectivity index (χ1n) is 9.00. The SMILES string of the molecule is O=C(c1cc2ccccc2o1)N(Cc1ccncc1)C1CCCCC1. The molecule has 1 amide bonds. The summed E-state index contributed by atoms with van der Waals surface area (Å²) in [6.07, 6.45) is 9.32. The molecule has 3 aromatic rings. The van der Waals surface area contributed by atoms with E-state index in [0.29, 0.717) is 12.3 Å². The number of nitrogens with zero attached hydrogens (tertiary/aromatic N) is 2. The molecule has 0 bridgehead atoms. The van der Waals surface area contributed by atoms with E-state index in [1.807, 2.05) is 47.4 Å². The van der Waals surface area contributed by atoms with Gasteiger partial charge in [0.25, 0.3) is 5.91 Å². The van der Waals surface area contributed by atoms with Crippen LogP contribution in [-0.2, 0) is 6.54 Å². The topological polar surface area (TPSA) is 46.3 Å². The summed E-state index contributed by atoms with van der Waals surface area (Å²) in [5, 5.41) is 0.971. The third-order valence-corrected chi connectivity index (χ3v) is 5.01. The largest absolute Gasteiger partial charge is 0.451 e. The molecule has 0 spiro atoms. The van der Waals surface area contributed by atoms with Gasteiger partial charge < -0.3 is 9.32 Å². The fourth-order valence-corrected chi connectivity index (χ4v) is 3.67. The van der Waals surface area contributed by atoms with E-state index in [1.165, 1.54) is 19.3 Å². The fraction of sp³-hybridized carbons (Fsp3) is 0.333. The van der Waals surface area contributed by atoms with Gasteiger partial charge >= 0.3 is 0 Å². The van der Waals surface area contributed by atoms with E-state index in [2.05, 4.69) is 4.98 Å². The molecule has 1 aliphatic rings. The van der Waals surface area contributed by atoms with Gasteiger partial charge in [0.15, 0.2) is 5.76 Å². The van der Waals surface area contributed by atoms with Gasteiger partial charge in [0.1, 0.15) is 5.58 Å². The molecule has 2 aromatic heterocycles. The predicted molar refractivity (Wildman–Crippen MR) is 97.2 cm³/mol. The molecule has 1 aliphatic carbocycles. The van der Waals surface area contributed by atoms with E-state index in [4.69, 9.17) is 4.42 Å². The number of carbonyl (C=O) groups excluding carboxylic acids is 1. The standard InChI is InChI=1S/C21H22N2O2/c24-21(20-14-17-6-4-5-9-19(17)25-20)23(18-7-2-1-3-8-18)15-16-10-12-22-13-11-16/h4-6,9-14,18H,1-3,7-8,15H2. The van der Waals surface area contributed by atoms with Crippen molar-refractivity contribution < 1.29 is 9.21 Å². The van der Waals surface area contributed by atoms with Gasteiger partial charge in [-0.2, -0.15) is 0 Å².